The first-order valence-corrected chi connectivity index (χ1v) is 11.8. The third-order valence-corrected chi connectivity index (χ3v) is 6.58. The van der Waals surface area contributed by atoms with Crippen molar-refractivity contribution in [3.05, 3.63) is 60.2 Å². The summed E-state index contributed by atoms with van der Waals surface area (Å²) in [4.78, 5) is 23.8. The van der Waals surface area contributed by atoms with Gasteiger partial charge in [0.2, 0.25) is 15.9 Å². The minimum atomic E-state index is -3.51. The van der Waals surface area contributed by atoms with E-state index < -0.39 is 10.0 Å². The monoisotopic (exact) mass is 459 g/mol. The van der Waals surface area contributed by atoms with Crippen LogP contribution in [0, 0.1) is 0 Å². The molecule has 0 radical (unpaired) electrons. The number of ether oxygens (including phenoxy) is 1. The molecule has 2 aromatic rings. The molecule has 172 valence electrons. The van der Waals surface area contributed by atoms with Gasteiger partial charge in [-0.2, -0.15) is 4.31 Å². The van der Waals surface area contributed by atoms with Crippen molar-refractivity contribution in [2.75, 3.05) is 31.6 Å². The van der Waals surface area contributed by atoms with Gasteiger partial charge in [-0.1, -0.05) is 26.0 Å². The first-order valence-electron chi connectivity index (χ1n) is 10.4. The quantitative estimate of drug-likeness (QED) is 0.503. The molecule has 0 aliphatic heterocycles. The van der Waals surface area contributed by atoms with Gasteiger partial charge in [0.05, 0.1) is 4.90 Å². The van der Waals surface area contributed by atoms with Gasteiger partial charge in [-0.25, -0.2) is 8.42 Å². The minimum Gasteiger partial charge on any atom is -0.484 e. The van der Waals surface area contributed by atoms with Crippen LogP contribution in [0.5, 0.6) is 5.75 Å². The minimum absolute atomic E-state index is 0.0721. The van der Waals surface area contributed by atoms with Crippen LogP contribution in [0.3, 0.4) is 0 Å². The molecule has 0 bridgehead atoms. The van der Waals surface area contributed by atoms with E-state index in [1.807, 2.05) is 6.92 Å². The summed E-state index contributed by atoms with van der Waals surface area (Å²) in [5.74, 6) is -0.0147. The topological polar surface area (TPSA) is 105 Å². The zero-order valence-electron chi connectivity index (χ0n) is 18.5. The molecule has 2 N–H and O–H groups in total. The van der Waals surface area contributed by atoms with E-state index >= 15 is 0 Å². The van der Waals surface area contributed by atoms with Gasteiger partial charge in [0.25, 0.3) is 5.91 Å². The van der Waals surface area contributed by atoms with E-state index in [2.05, 4.69) is 10.6 Å². The number of hydrogen-bond acceptors (Lipinski definition) is 5. The number of amides is 2. The summed E-state index contributed by atoms with van der Waals surface area (Å²) in [5, 5.41) is 5.37. The number of nitrogens with zero attached hydrogens (tertiary/aromatic N) is 1. The van der Waals surface area contributed by atoms with Crippen LogP contribution in [0.2, 0.25) is 0 Å². The molecule has 32 heavy (non-hydrogen) atoms. The van der Waals surface area contributed by atoms with Gasteiger partial charge >= 0.3 is 0 Å². The Bertz CT molecular complexity index is 1030. The van der Waals surface area contributed by atoms with Gasteiger partial charge in [-0.05, 0) is 55.0 Å². The molecule has 0 saturated heterocycles. The molecule has 0 aromatic heterocycles. The van der Waals surface area contributed by atoms with Crippen LogP contribution < -0.4 is 15.4 Å². The Morgan fingerprint density at radius 1 is 0.969 bits per heavy atom. The normalized spacial score (nSPS) is 11.5. The van der Waals surface area contributed by atoms with E-state index in [0.29, 0.717) is 36.6 Å². The highest BCUT2D eigenvalue weighted by molar-refractivity contribution is 7.89. The lowest BCUT2D eigenvalue weighted by molar-refractivity contribution is -0.123. The molecule has 8 nitrogen and oxygen atoms in total. The van der Waals surface area contributed by atoms with Crippen LogP contribution in [-0.4, -0.2) is 50.8 Å². The van der Waals surface area contributed by atoms with Crippen LogP contribution in [0.25, 0.3) is 6.08 Å². The molecule has 2 rings (SSSR count). The lowest BCUT2D eigenvalue weighted by Crippen LogP contribution is -2.30. The van der Waals surface area contributed by atoms with Crippen LogP contribution >= 0.6 is 0 Å². The number of hydrogen-bond donors (Lipinski definition) is 2. The lowest BCUT2D eigenvalue weighted by Gasteiger charge is -2.18. The maximum absolute atomic E-state index is 12.5. The fourth-order valence-electron chi connectivity index (χ4n) is 2.85. The predicted octanol–water partition coefficient (Wildman–Crippen LogP) is 2.88. The maximum atomic E-state index is 12.5. The number of rotatable bonds is 11. The highest BCUT2D eigenvalue weighted by Crippen LogP contribution is 2.18. The Morgan fingerprint density at radius 2 is 1.59 bits per heavy atom. The summed E-state index contributed by atoms with van der Waals surface area (Å²) in [6.45, 7) is 6.70. The number of carbonyl (C=O) groups excluding carboxylic acids is 2. The van der Waals surface area contributed by atoms with Gasteiger partial charge < -0.3 is 15.4 Å². The maximum Gasteiger partial charge on any atom is 0.257 e. The van der Waals surface area contributed by atoms with Crippen molar-refractivity contribution in [1.29, 1.82) is 0 Å². The van der Waals surface area contributed by atoms with Gasteiger partial charge in [-0.3, -0.25) is 9.59 Å². The van der Waals surface area contributed by atoms with E-state index in [1.54, 1.807) is 56.3 Å². The molecule has 0 saturated carbocycles. The third kappa shape index (κ3) is 7.21. The standard InChI is InChI=1S/C23H29N3O5S/c1-4-24-23(28)17-31-20-12-10-19(11-13-20)25-22(27)16-9-18-7-14-21(15-8-18)32(29,30)26(5-2)6-3/h7-16H,4-6,17H2,1-3H3,(H,24,28)(H,25,27)/b16-9+. The average Bonchev–Trinajstić information content (AvgIpc) is 2.78. The number of sulfonamides is 1. The van der Waals surface area contributed by atoms with Crippen LogP contribution in [0.4, 0.5) is 5.69 Å². The predicted molar refractivity (Wildman–Crippen MR) is 125 cm³/mol. The van der Waals surface area contributed by atoms with Gasteiger partial charge in [0.15, 0.2) is 6.61 Å². The molecule has 0 fully saturated rings. The highest BCUT2D eigenvalue weighted by atomic mass is 32.2. The summed E-state index contributed by atoms with van der Waals surface area (Å²) in [6, 6.07) is 13.0. The smallest absolute Gasteiger partial charge is 0.257 e. The number of benzene rings is 2. The van der Waals surface area contributed by atoms with Crippen LogP contribution in [-0.2, 0) is 19.6 Å². The Kier molecular flexibility index (Phi) is 9.42. The van der Waals surface area contributed by atoms with E-state index in [4.69, 9.17) is 4.74 Å². The summed E-state index contributed by atoms with van der Waals surface area (Å²) in [6.07, 6.45) is 2.97. The van der Waals surface area contributed by atoms with Crippen molar-refractivity contribution in [2.24, 2.45) is 0 Å². The molecule has 2 aromatic carbocycles. The van der Waals surface area contributed by atoms with Crippen molar-refractivity contribution in [2.45, 2.75) is 25.7 Å². The molecule has 0 heterocycles. The Balaban J connectivity index is 1.93. The van der Waals surface area contributed by atoms with Crippen molar-refractivity contribution in [1.82, 2.24) is 9.62 Å². The molecule has 0 aliphatic carbocycles. The molecule has 9 heteroatoms. The zero-order chi connectivity index (χ0) is 23.6. The second-order valence-electron chi connectivity index (χ2n) is 6.75. The van der Waals surface area contributed by atoms with Crippen molar-refractivity contribution >= 4 is 33.6 Å². The first-order chi connectivity index (χ1) is 15.3. The number of anilines is 1. The molecule has 0 aliphatic rings. The number of likely N-dealkylation sites (N-methyl/N-ethyl adjacent to an activating group) is 1. The molecule has 2 amide bonds. The van der Waals surface area contributed by atoms with E-state index in [1.165, 1.54) is 22.5 Å². The molecular formula is C23H29N3O5S. The molecular weight excluding hydrogens is 430 g/mol. The van der Waals surface area contributed by atoms with Crippen molar-refractivity contribution in [3.8, 4) is 5.75 Å². The molecule has 0 atom stereocenters. The van der Waals surface area contributed by atoms with Crippen LogP contribution in [0.15, 0.2) is 59.5 Å². The van der Waals surface area contributed by atoms with Crippen LogP contribution in [0.1, 0.15) is 26.3 Å². The van der Waals surface area contributed by atoms with E-state index in [0.717, 1.165) is 0 Å². The molecule has 0 spiro atoms. The SMILES string of the molecule is CCNC(=O)COc1ccc(NC(=O)/C=C/c2ccc(S(=O)(=O)N(CC)CC)cc2)cc1. The lowest BCUT2D eigenvalue weighted by atomic mass is 10.2. The largest absolute Gasteiger partial charge is 0.484 e. The summed E-state index contributed by atoms with van der Waals surface area (Å²) in [7, 11) is -3.51. The Labute approximate surface area is 189 Å². The fourth-order valence-corrected chi connectivity index (χ4v) is 4.31. The second kappa shape index (κ2) is 12.0. The summed E-state index contributed by atoms with van der Waals surface area (Å²) < 4.78 is 31.8. The van der Waals surface area contributed by atoms with E-state index in [9.17, 15) is 18.0 Å². The van der Waals surface area contributed by atoms with Gasteiger partial charge in [0.1, 0.15) is 5.75 Å². The van der Waals surface area contributed by atoms with Crippen molar-refractivity contribution in [3.63, 3.8) is 0 Å². The summed E-state index contributed by atoms with van der Waals surface area (Å²) in [5.41, 5.74) is 1.28. The fraction of sp³-hybridized carbons (Fsp3) is 0.304. The second-order valence-corrected chi connectivity index (χ2v) is 8.69. The molecule has 0 unspecified atom stereocenters. The Morgan fingerprint density at radius 3 is 2.16 bits per heavy atom. The van der Waals surface area contributed by atoms with Gasteiger partial charge in [0, 0.05) is 31.4 Å². The third-order valence-electron chi connectivity index (χ3n) is 4.52. The first kappa shape index (κ1) is 25.1. The van der Waals surface area contributed by atoms with E-state index in [-0.39, 0.29) is 23.3 Å². The average molecular weight is 460 g/mol. The summed E-state index contributed by atoms with van der Waals surface area (Å²) >= 11 is 0. The zero-order valence-corrected chi connectivity index (χ0v) is 19.3. The number of nitrogens with one attached hydrogen (secondary N) is 2. The van der Waals surface area contributed by atoms with Gasteiger partial charge in [-0.15, -0.1) is 0 Å². The Hall–Kier alpha value is -3.17. The number of carbonyl (C=O) groups is 2. The highest BCUT2D eigenvalue weighted by Gasteiger charge is 2.20. The van der Waals surface area contributed by atoms with Crippen molar-refractivity contribution < 1.29 is 22.7 Å².